The largest absolute Gasteiger partial charge is 0.425 e. The fraction of sp³-hybridized carbons (Fsp3) is 0.217. The Bertz CT molecular complexity index is 1210. The van der Waals surface area contributed by atoms with Crippen molar-refractivity contribution in [2.45, 2.75) is 35.3 Å². The molecule has 1 N–H and O–H groups in total. The van der Waals surface area contributed by atoms with Gasteiger partial charge in [0.05, 0.1) is 9.77 Å². The number of nitrogens with one attached hydrogen (secondary N) is 1. The molecule has 0 radical (unpaired) electrons. The van der Waals surface area contributed by atoms with Gasteiger partial charge in [-0.3, -0.25) is 4.79 Å². The summed E-state index contributed by atoms with van der Waals surface area (Å²) >= 11 is 7.22. The summed E-state index contributed by atoms with van der Waals surface area (Å²) in [6, 6.07) is 15.6. The van der Waals surface area contributed by atoms with Crippen molar-refractivity contribution in [1.82, 2.24) is 0 Å². The van der Waals surface area contributed by atoms with Crippen LogP contribution in [-0.4, -0.2) is 25.0 Å². The number of ether oxygens (including phenoxy) is 1. The first-order valence-corrected chi connectivity index (χ1v) is 12.7. The second-order valence-electron chi connectivity index (χ2n) is 7.50. The number of hydrogen-bond acceptors (Lipinski definition) is 6. The monoisotopic (exact) mass is 489 g/mol. The number of esters is 1. The zero-order valence-corrected chi connectivity index (χ0v) is 19.3. The highest BCUT2D eigenvalue weighted by Gasteiger charge is 2.54. The molecule has 1 heterocycles. The summed E-state index contributed by atoms with van der Waals surface area (Å²) in [6.07, 6.45) is 1.64. The van der Waals surface area contributed by atoms with Gasteiger partial charge in [-0.15, -0.1) is 11.3 Å². The Morgan fingerprint density at radius 1 is 0.969 bits per heavy atom. The lowest BCUT2D eigenvalue weighted by Gasteiger charge is -2.26. The quantitative estimate of drug-likeness (QED) is 0.372. The summed E-state index contributed by atoms with van der Waals surface area (Å²) in [5.74, 6) is -0.814. The Morgan fingerprint density at radius 2 is 1.62 bits per heavy atom. The van der Waals surface area contributed by atoms with Crippen LogP contribution < -0.4 is 10.1 Å². The molecule has 9 heteroatoms. The van der Waals surface area contributed by atoms with E-state index in [1.54, 1.807) is 24.3 Å². The van der Waals surface area contributed by atoms with E-state index in [1.807, 2.05) is 5.38 Å². The molecule has 166 valence electrons. The lowest BCUT2D eigenvalue weighted by atomic mass is 10.1. The van der Waals surface area contributed by atoms with Crippen molar-refractivity contribution in [1.29, 1.82) is 0 Å². The van der Waals surface area contributed by atoms with E-state index in [0.29, 0.717) is 28.4 Å². The normalized spacial score (nSPS) is 15.3. The molecule has 0 spiro atoms. The zero-order chi connectivity index (χ0) is 22.8. The van der Waals surface area contributed by atoms with Gasteiger partial charge in [0.1, 0.15) is 5.75 Å². The molecule has 1 amide bonds. The highest BCUT2D eigenvalue weighted by atomic mass is 35.5. The summed E-state index contributed by atoms with van der Waals surface area (Å²) in [5, 5.41) is 4.99. The van der Waals surface area contributed by atoms with Gasteiger partial charge in [-0.05, 0) is 72.8 Å². The molecule has 0 unspecified atom stereocenters. The third-order valence-electron chi connectivity index (χ3n) is 5.49. The first kappa shape index (κ1) is 22.5. The van der Waals surface area contributed by atoms with Crippen LogP contribution in [0.2, 0.25) is 5.02 Å². The Morgan fingerprint density at radius 3 is 2.22 bits per heavy atom. The molecule has 0 atom stereocenters. The predicted molar refractivity (Wildman–Crippen MR) is 124 cm³/mol. The molecular formula is C23H20ClNO5S2. The van der Waals surface area contributed by atoms with Gasteiger partial charge in [-0.1, -0.05) is 30.5 Å². The SMILES string of the molecule is O=C(Nc1ccc(OC(=O)C2(S(=O)(=O)c3ccc(Cl)cc3)CCCC2)cc1)c1cccs1. The average molecular weight is 490 g/mol. The number of thiophene rings is 1. The Kier molecular flexibility index (Phi) is 6.37. The third kappa shape index (κ3) is 4.30. The molecule has 1 aliphatic rings. The average Bonchev–Trinajstić information content (AvgIpc) is 3.49. The summed E-state index contributed by atoms with van der Waals surface area (Å²) in [5.41, 5.74) is 0.535. The van der Waals surface area contributed by atoms with Crippen molar-refractivity contribution in [3.8, 4) is 5.75 Å². The number of hydrogen-bond donors (Lipinski definition) is 1. The maximum Gasteiger partial charge on any atom is 0.333 e. The maximum atomic E-state index is 13.4. The van der Waals surface area contributed by atoms with Crippen molar-refractivity contribution in [3.05, 3.63) is 75.9 Å². The number of halogens is 1. The van der Waals surface area contributed by atoms with E-state index in [9.17, 15) is 18.0 Å². The van der Waals surface area contributed by atoms with E-state index < -0.39 is 20.6 Å². The van der Waals surface area contributed by atoms with Gasteiger partial charge in [0, 0.05) is 10.7 Å². The maximum absolute atomic E-state index is 13.4. The summed E-state index contributed by atoms with van der Waals surface area (Å²) < 4.78 is 30.7. The molecule has 1 aliphatic carbocycles. The minimum absolute atomic E-state index is 0.0485. The van der Waals surface area contributed by atoms with Gasteiger partial charge in [-0.2, -0.15) is 0 Å². The lowest BCUT2D eigenvalue weighted by Crippen LogP contribution is -2.46. The third-order valence-corrected chi connectivity index (χ3v) is 9.11. The molecule has 0 saturated heterocycles. The van der Waals surface area contributed by atoms with E-state index in [2.05, 4.69) is 5.32 Å². The van der Waals surface area contributed by atoms with Crippen LogP contribution in [0.15, 0.2) is 70.9 Å². The fourth-order valence-electron chi connectivity index (χ4n) is 3.77. The minimum Gasteiger partial charge on any atom is -0.425 e. The standard InChI is InChI=1S/C23H20ClNO5S2/c24-16-5-11-19(12-6-16)32(28,29)23(13-1-2-14-23)22(27)30-18-9-7-17(8-10-18)25-21(26)20-4-3-15-31-20/h3-12,15H,1-2,13-14H2,(H,25,26). The van der Waals surface area contributed by atoms with E-state index in [1.165, 1.54) is 47.7 Å². The number of anilines is 1. The van der Waals surface area contributed by atoms with Crippen molar-refractivity contribution in [2.75, 3.05) is 5.32 Å². The summed E-state index contributed by atoms with van der Waals surface area (Å²) in [6.45, 7) is 0. The first-order chi connectivity index (χ1) is 15.3. The molecule has 4 rings (SSSR count). The second-order valence-corrected chi connectivity index (χ2v) is 11.1. The number of benzene rings is 2. The van der Waals surface area contributed by atoms with E-state index in [0.717, 1.165) is 0 Å². The van der Waals surface area contributed by atoms with Crippen LogP contribution in [0.4, 0.5) is 5.69 Å². The molecule has 1 aromatic heterocycles. The molecular weight excluding hydrogens is 470 g/mol. The number of carbonyl (C=O) groups is 2. The molecule has 32 heavy (non-hydrogen) atoms. The number of carbonyl (C=O) groups excluding carboxylic acids is 2. The van der Waals surface area contributed by atoms with Gasteiger partial charge in [0.15, 0.2) is 14.6 Å². The van der Waals surface area contributed by atoms with Crippen LogP contribution in [-0.2, 0) is 14.6 Å². The number of rotatable bonds is 6. The van der Waals surface area contributed by atoms with E-state index in [-0.39, 0.29) is 29.4 Å². The molecule has 1 fully saturated rings. The van der Waals surface area contributed by atoms with Gasteiger partial charge < -0.3 is 10.1 Å². The summed E-state index contributed by atoms with van der Waals surface area (Å²) in [4.78, 5) is 25.9. The van der Waals surface area contributed by atoms with Crippen LogP contribution in [0, 0.1) is 0 Å². The van der Waals surface area contributed by atoms with Crippen LogP contribution in [0.5, 0.6) is 5.75 Å². The molecule has 0 aliphatic heterocycles. The lowest BCUT2D eigenvalue weighted by molar-refractivity contribution is -0.137. The summed E-state index contributed by atoms with van der Waals surface area (Å²) in [7, 11) is -3.97. The molecule has 6 nitrogen and oxygen atoms in total. The van der Waals surface area contributed by atoms with Crippen LogP contribution in [0.1, 0.15) is 35.4 Å². The fourth-order valence-corrected chi connectivity index (χ4v) is 6.55. The first-order valence-electron chi connectivity index (χ1n) is 9.99. The Balaban J connectivity index is 1.52. The van der Waals surface area contributed by atoms with Gasteiger partial charge in [0.25, 0.3) is 5.91 Å². The smallest absolute Gasteiger partial charge is 0.333 e. The van der Waals surface area contributed by atoms with E-state index in [4.69, 9.17) is 16.3 Å². The van der Waals surface area contributed by atoms with Gasteiger partial charge in [0.2, 0.25) is 0 Å². The zero-order valence-electron chi connectivity index (χ0n) is 16.9. The van der Waals surface area contributed by atoms with Crippen LogP contribution in [0.3, 0.4) is 0 Å². The highest BCUT2D eigenvalue weighted by molar-refractivity contribution is 7.93. The predicted octanol–water partition coefficient (Wildman–Crippen LogP) is 5.35. The molecule has 0 bridgehead atoms. The number of sulfone groups is 1. The van der Waals surface area contributed by atoms with Crippen molar-refractivity contribution < 1.29 is 22.7 Å². The highest BCUT2D eigenvalue weighted by Crippen LogP contribution is 2.42. The molecule has 3 aromatic rings. The van der Waals surface area contributed by atoms with Crippen molar-refractivity contribution in [2.24, 2.45) is 0 Å². The Labute approximate surface area is 195 Å². The van der Waals surface area contributed by atoms with Crippen molar-refractivity contribution in [3.63, 3.8) is 0 Å². The minimum atomic E-state index is -3.97. The van der Waals surface area contributed by atoms with Gasteiger partial charge >= 0.3 is 5.97 Å². The molecule has 1 saturated carbocycles. The topological polar surface area (TPSA) is 89.5 Å². The second kappa shape index (κ2) is 9.05. The van der Waals surface area contributed by atoms with Gasteiger partial charge in [-0.25, -0.2) is 13.2 Å². The van der Waals surface area contributed by atoms with Crippen LogP contribution in [0.25, 0.3) is 0 Å². The Hall–Kier alpha value is -2.68. The van der Waals surface area contributed by atoms with Crippen molar-refractivity contribution >= 4 is 50.3 Å². The molecule has 2 aromatic carbocycles. The number of amides is 1. The van der Waals surface area contributed by atoms with E-state index >= 15 is 0 Å². The van der Waals surface area contributed by atoms with Crippen LogP contribution >= 0.6 is 22.9 Å².